The maximum absolute atomic E-state index is 12.4. The second kappa shape index (κ2) is 6.71. The van der Waals surface area contributed by atoms with Crippen molar-refractivity contribution in [2.75, 3.05) is 6.54 Å². The van der Waals surface area contributed by atoms with E-state index in [-0.39, 0.29) is 5.91 Å². The lowest BCUT2D eigenvalue weighted by Gasteiger charge is -2.29. The van der Waals surface area contributed by atoms with Crippen molar-refractivity contribution in [2.24, 2.45) is 11.7 Å². The molecule has 1 amide bonds. The summed E-state index contributed by atoms with van der Waals surface area (Å²) >= 11 is 0. The van der Waals surface area contributed by atoms with Crippen molar-refractivity contribution in [2.45, 2.75) is 45.1 Å². The topological polar surface area (TPSA) is 55.1 Å². The SMILES string of the molecule is CC1CCCCC1NC(=O)c1ccccc1CCN. The van der Waals surface area contributed by atoms with Gasteiger partial charge in [-0.25, -0.2) is 0 Å². The van der Waals surface area contributed by atoms with Crippen molar-refractivity contribution in [3.63, 3.8) is 0 Å². The van der Waals surface area contributed by atoms with Crippen LogP contribution < -0.4 is 11.1 Å². The van der Waals surface area contributed by atoms with Crippen LogP contribution in [0.5, 0.6) is 0 Å². The molecule has 1 aliphatic rings. The van der Waals surface area contributed by atoms with Crippen molar-refractivity contribution < 1.29 is 4.79 Å². The number of hydrogen-bond donors (Lipinski definition) is 2. The Kier molecular flexibility index (Phi) is 4.97. The maximum atomic E-state index is 12.4. The van der Waals surface area contributed by atoms with Crippen LogP contribution in [0.3, 0.4) is 0 Å². The van der Waals surface area contributed by atoms with Gasteiger partial charge in [0.05, 0.1) is 0 Å². The number of carbonyl (C=O) groups excluding carboxylic acids is 1. The van der Waals surface area contributed by atoms with Crippen LogP contribution >= 0.6 is 0 Å². The Labute approximate surface area is 115 Å². The fourth-order valence-electron chi connectivity index (χ4n) is 2.89. The van der Waals surface area contributed by atoms with Crippen LogP contribution in [0.4, 0.5) is 0 Å². The number of nitrogens with two attached hydrogens (primary N) is 1. The van der Waals surface area contributed by atoms with Gasteiger partial charge < -0.3 is 11.1 Å². The van der Waals surface area contributed by atoms with E-state index in [0.717, 1.165) is 24.0 Å². The highest BCUT2D eigenvalue weighted by Gasteiger charge is 2.23. The molecule has 3 nitrogen and oxygen atoms in total. The third-order valence-corrected chi connectivity index (χ3v) is 4.10. The van der Waals surface area contributed by atoms with E-state index in [1.807, 2.05) is 24.3 Å². The molecule has 2 atom stereocenters. The standard InChI is InChI=1S/C16H24N2O/c1-12-6-2-5-9-15(12)18-16(19)14-8-4-3-7-13(14)10-11-17/h3-4,7-8,12,15H,2,5-6,9-11,17H2,1H3,(H,18,19). The summed E-state index contributed by atoms with van der Waals surface area (Å²) in [6.07, 6.45) is 5.59. The van der Waals surface area contributed by atoms with Crippen LogP contribution in [0.25, 0.3) is 0 Å². The van der Waals surface area contributed by atoms with Crippen molar-refractivity contribution in [3.8, 4) is 0 Å². The molecule has 0 saturated heterocycles. The summed E-state index contributed by atoms with van der Waals surface area (Å²) < 4.78 is 0. The number of benzene rings is 1. The molecule has 19 heavy (non-hydrogen) atoms. The van der Waals surface area contributed by atoms with Gasteiger partial charge in [0.15, 0.2) is 0 Å². The molecule has 0 radical (unpaired) electrons. The van der Waals surface area contributed by atoms with Crippen LogP contribution in [0, 0.1) is 5.92 Å². The number of hydrogen-bond acceptors (Lipinski definition) is 2. The Morgan fingerprint density at radius 1 is 1.32 bits per heavy atom. The zero-order chi connectivity index (χ0) is 13.7. The molecule has 0 bridgehead atoms. The van der Waals surface area contributed by atoms with Gasteiger partial charge in [-0.05, 0) is 43.4 Å². The summed E-state index contributed by atoms with van der Waals surface area (Å²) in [5.74, 6) is 0.641. The lowest BCUT2D eigenvalue weighted by molar-refractivity contribution is 0.0909. The van der Waals surface area contributed by atoms with E-state index in [2.05, 4.69) is 12.2 Å². The zero-order valence-electron chi connectivity index (χ0n) is 11.7. The Morgan fingerprint density at radius 3 is 2.79 bits per heavy atom. The summed E-state index contributed by atoms with van der Waals surface area (Å²) in [6, 6.07) is 8.09. The van der Waals surface area contributed by atoms with E-state index in [0.29, 0.717) is 18.5 Å². The Morgan fingerprint density at radius 2 is 2.05 bits per heavy atom. The van der Waals surface area contributed by atoms with E-state index < -0.39 is 0 Å². The van der Waals surface area contributed by atoms with E-state index in [4.69, 9.17) is 5.73 Å². The summed E-state index contributed by atoms with van der Waals surface area (Å²) in [5, 5.41) is 3.20. The average Bonchev–Trinajstić information content (AvgIpc) is 2.42. The van der Waals surface area contributed by atoms with E-state index in [1.54, 1.807) is 0 Å². The van der Waals surface area contributed by atoms with Gasteiger partial charge in [0.25, 0.3) is 5.91 Å². The molecule has 1 aromatic rings. The van der Waals surface area contributed by atoms with Gasteiger partial charge >= 0.3 is 0 Å². The number of rotatable bonds is 4. The normalized spacial score (nSPS) is 23.1. The molecular formula is C16H24N2O. The van der Waals surface area contributed by atoms with Crippen LogP contribution in [-0.4, -0.2) is 18.5 Å². The van der Waals surface area contributed by atoms with Gasteiger partial charge in [-0.3, -0.25) is 4.79 Å². The predicted molar refractivity (Wildman–Crippen MR) is 78.1 cm³/mol. The van der Waals surface area contributed by atoms with Crippen LogP contribution in [0.15, 0.2) is 24.3 Å². The maximum Gasteiger partial charge on any atom is 0.251 e. The molecule has 1 aromatic carbocycles. The Hall–Kier alpha value is -1.35. The highest BCUT2D eigenvalue weighted by Crippen LogP contribution is 2.24. The van der Waals surface area contributed by atoms with Gasteiger partial charge in [0.2, 0.25) is 0 Å². The summed E-state index contributed by atoms with van der Waals surface area (Å²) in [7, 11) is 0. The van der Waals surface area contributed by atoms with Crippen molar-refractivity contribution in [1.29, 1.82) is 0 Å². The fraction of sp³-hybridized carbons (Fsp3) is 0.562. The van der Waals surface area contributed by atoms with Crippen LogP contribution in [-0.2, 0) is 6.42 Å². The Balaban J connectivity index is 2.06. The van der Waals surface area contributed by atoms with Crippen molar-refractivity contribution in [3.05, 3.63) is 35.4 Å². The van der Waals surface area contributed by atoms with Gasteiger partial charge in [0.1, 0.15) is 0 Å². The number of amides is 1. The minimum Gasteiger partial charge on any atom is -0.349 e. The molecule has 0 aromatic heterocycles. The van der Waals surface area contributed by atoms with Crippen molar-refractivity contribution in [1.82, 2.24) is 5.32 Å². The molecule has 3 N–H and O–H groups in total. The minimum atomic E-state index is 0.0581. The molecule has 3 heteroatoms. The molecule has 1 fully saturated rings. The second-order valence-electron chi connectivity index (χ2n) is 5.54. The molecule has 0 heterocycles. The van der Waals surface area contributed by atoms with E-state index in [9.17, 15) is 4.79 Å². The smallest absolute Gasteiger partial charge is 0.251 e. The van der Waals surface area contributed by atoms with Gasteiger partial charge in [-0.15, -0.1) is 0 Å². The van der Waals surface area contributed by atoms with Gasteiger partial charge in [-0.2, -0.15) is 0 Å². The van der Waals surface area contributed by atoms with Gasteiger partial charge in [0, 0.05) is 11.6 Å². The highest BCUT2D eigenvalue weighted by atomic mass is 16.1. The fourth-order valence-corrected chi connectivity index (χ4v) is 2.89. The largest absolute Gasteiger partial charge is 0.349 e. The third-order valence-electron chi connectivity index (χ3n) is 4.10. The first-order valence-corrected chi connectivity index (χ1v) is 7.31. The van der Waals surface area contributed by atoms with E-state index >= 15 is 0 Å². The quantitative estimate of drug-likeness (QED) is 0.874. The second-order valence-corrected chi connectivity index (χ2v) is 5.54. The van der Waals surface area contributed by atoms with Crippen molar-refractivity contribution >= 4 is 5.91 Å². The zero-order valence-corrected chi connectivity index (χ0v) is 11.7. The first kappa shape index (κ1) is 14.1. The Bertz CT molecular complexity index is 431. The summed E-state index contributed by atoms with van der Waals surface area (Å²) in [4.78, 5) is 12.4. The number of carbonyl (C=O) groups is 1. The molecule has 0 spiro atoms. The summed E-state index contributed by atoms with van der Waals surface area (Å²) in [6.45, 7) is 2.81. The molecule has 2 unspecified atom stereocenters. The predicted octanol–water partition coefficient (Wildman–Crippen LogP) is 2.50. The molecule has 1 saturated carbocycles. The third kappa shape index (κ3) is 3.57. The summed E-state index contributed by atoms with van der Waals surface area (Å²) in [5.41, 5.74) is 7.43. The lowest BCUT2D eigenvalue weighted by Crippen LogP contribution is -2.41. The first-order chi connectivity index (χ1) is 9.22. The molecule has 0 aliphatic heterocycles. The van der Waals surface area contributed by atoms with Crippen LogP contribution in [0.1, 0.15) is 48.5 Å². The highest BCUT2D eigenvalue weighted by molar-refractivity contribution is 5.95. The molecule has 1 aliphatic carbocycles. The minimum absolute atomic E-state index is 0.0581. The average molecular weight is 260 g/mol. The monoisotopic (exact) mass is 260 g/mol. The van der Waals surface area contributed by atoms with E-state index in [1.165, 1.54) is 19.3 Å². The first-order valence-electron chi connectivity index (χ1n) is 7.31. The number of nitrogens with one attached hydrogen (secondary N) is 1. The van der Waals surface area contributed by atoms with Crippen LogP contribution in [0.2, 0.25) is 0 Å². The molecular weight excluding hydrogens is 236 g/mol. The van der Waals surface area contributed by atoms with Gasteiger partial charge in [-0.1, -0.05) is 38.0 Å². The molecule has 104 valence electrons. The lowest BCUT2D eigenvalue weighted by atomic mass is 9.85. The molecule has 2 rings (SSSR count).